The number of hydrogen-bond donors (Lipinski definition) is 1. The van der Waals surface area contributed by atoms with Crippen LogP contribution in [0.3, 0.4) is 0 Å². The molecule has 1 fully saturated rings. The lowest BCUT2D eigenvalue weighted by Gasteiger charge is -2.29. The molecule has 0 amide bonds. The van der Waals surface area contributed by atoms with Crippen molar-refractivity contribution in [2.45, 2.75) is 57.8 Å². The summed E-state index contributed by atoms with van der Waals surface area (Å²) in [6.07, 6.45) is -1.23. The fraction of sp³-hybridized carbons (Fsp3) is 1.00. The number of rotatable bonds is 7. The summed E-state index contributed by atoms with van der Waals surface area (Å²) in [5, 5.41) is 3.49. The molecule has 1 rings (SSSR count). The molecule has 1 atom stereocenters. The average molecular weight is 296 g/mol. The third-order valence-electron chi connectivity index (χ3n) is 3.37. The first-order chi connectivity index (χ1) is 9.17. The fourth-order valence-electron chi connectivity index (χ4n) is 2.40. The Bertz CT molecular complexity index is 277. The number of likely N-dealkylation sites (tertiary alicyclic amines) is 1. The summed E-state index contributed by atoms with van der Waals surface area (Å²) in [7, 11) is 0. The van der Waals surface area contributed by atoms with Crippen LogP contribution in [0.5, 0.6) is 0 Å². The van der Waals surface area contributed by atoms with Crippen molar-refractivity contribution in [1.29, 1.82) is 0 Å². The van der Waals surface area contributed by atoms with Crippen LogP contribution in [0, 0.1) is 0 Å². The second-order valence-corrected chi connectivity index (χ2v) is 6.48. The van der Waals surface area contributed by atoms with E-state index in [-0.39, 0.29) is 12.1 Å². The molecule has 120 valence electrons. The molecule has 0 spiro atoms. The van der Waals surface area contributed by atoms with Gasteiger partial charge in [-0.2, -0.15) is 13.2 Å². The van der Waals surface area contributed by atoms with Crippen molar-refractivity contribution in [1.82, 2.24) is 10.2 Å². The highest BCUT2D eigenvalue weighted by Gasteiger charge is 2.28. The molecule has 1 heterocycles. The van der Waals surface area contributed by atoms with Crippen LogP contribution in [-0.2, 0) is 4.74 Å². The van der Waals surface area contributed by atoms with Crippen molar-refractivity contribution in [2.24, 2.45) is 0 Å². The van der Waals surface area contributed by atoms with E-state index in [4.69, 9.17) is 0 Å². The fourth-order valence-corrected chi connectivity index (χ4v) is 2.40. The van der Waals surface area contributed by atoms with E-state index >= 15 is 0 Å². The maximum atomic E-state index is 11.9. The molecule has 6 heteroatoms. The molecule has 0 aromatic carbocycles. The van der Waals surface area contributed by atoms with E-state index < -0.39 is 12.8 Å². The van der Waals surface area contributed by atoms with Crippen molar-refractivity contribution in [3.8, 4) is 0 Å². The van der Waals surface area contributed by atoms with Crippen LogP contribution < -0.4 is 5.32 Å². The van der Waals surface area contributed by atoms with Gasteiger partial charge in [0.15, 0.2) is 0 Å². The second kappa shape index (κ2) is 7.61. The lowest BCUT2D eigenvalue weighted by Crippen LogP contribution is -2.45. The van der Waals surface area contributed by atoms with Gasteiger partial charge in [-0.15, -0.1) is 0 Å². The van der Waals surface area contributed by atoms with Crippen LogP contribution in [0.2, 0.25) is 0 Å². The highest BCUT2D eigenvalue weighted by molar-refractivity contribution is 4.83. The molecule has 20 heavy (non-hydrogen) atoms. The summed E-state index contributed by atoms with van der Waals surface area (Å²) >= 11 is 0. The zero-order valence-electron chi connectivity index (χ0n) is 12.7. The van der Waals surface area contributed by atoms with Crippen LogP contribution in [0.1, 0.15) is 40.0 Å². The number of hydrogen-bond acceptors (Lipinski definition) is 3. The Balaban J connectivity index is 2.15. The van der Waals surface area contributed by atoms with E-state index in [1.807, 2.05) is 0 Å². The topological polar surface area (TPSA) is 24.5 Å². The van der Waals surface area contributed by atoms with Gasteiger partial charge in [0.05, 0.1) is 0 Å². The zero-order chi connectivity index (χ0) is 15.2. The van der Waals surface area contributed by atoms with Crippen molar-refractivity contribution < 1.29 is 17.9 Å². The van der Waals surface area contributed by atoms with Crippen molar-refractivity contribution >= 4 is 0 Å². The lowest BCUT2D eigenvalue weighted by atomic mass is 10.1. The Morgan fingerprint density at radius 1 is 1.25 bits per heavy atom. The van der Waals surface area contributed by atoms with Gasteiger partial charge in [-0.05, 0) is 46.6 Å². The van der Waals surface area contributed by atoms with Gasteiger partial charge in [0.25, 0.3) is 0 Å². The number of halogens is 3. The van der Waals surface area contributed by atoms with E-state index in [1.165, 1.54) is 6.42 Å². The van der Waals surface area contributed by atoms with Crippen molar-refractivity contribution in [2.75, 3.05) is 32.8 Å². The van der Waals surface area contributed by atoms with Gasteiger partial charge in [-0.25, -0.2) is 0 Å². The first-order valence-electron chi connectivity index (χ1n) is 7.31. The number of nitrogens with zero attached hydrogens (tertiary/aromatic N) is 1. The lowest BCUT2D eigenvalue weighted by molar-refractivity contribution is -0.174. The number of ether oxygens (including phenoxy) is 1. The van der Waals surface area contributed by atoms with Gasteiger partial charge in [0.2, 0.25) is 0 Å². The largest absolute Gasteiger partial charge is 0.411 e. The molecular formula is C14H27F3N2O. The van der Waals surface area contributed by atoms with E-state index in [2.05, 4.69) is 35.7 Å². The molecule has 3 nitrogen and oxygen atoms in total. The van der Waals surface area contributed by atoms with Gasteiger partial charge in [-0.1, -0.05) is 0 Å². The SMILES string of the molecule is CC(C)(C)NCC1CCCN1CCCOCC(F)(F)F. The minimum absolute atomic E-state index is 0.101. The highest BCUT2D eigenvalue weighted by atomic mass is 19.4. The Hall–Kier alpha value is -0.330. The quantitative estimate of drug-likeness (QED) is 0.731. The zero-order valence-corrected chi connectivity index (χ0v) is 12.7. The van der Waals surface area contributed by atoms with Crippen LogP contribution in [-0.4, -0.2) is 55.5 Å². The van der Waals surface area contributed by atoms with Crippen LogP contribution in [0.15, 0.2) is 0 Å². The van der Waals surface area contributed by atoms with E-state index in [0.29, 0.717) is 12.5 Å². The molecule has 0 bridgehead atoms. The maximum absolute atomic E-state index is 11.9. The summed E-state index contributed by atoms with van der Waals surface area (Å²) in [5.74, 6) is 0. The first-order valence-corrected chi connectivity index (χ1v) is 7.31. The monoisotopic (exact) mass is 296 g/mol. The Kier molecular flexibility index (Phi) is 6.75. The smallest absolute Gasteiger partial charge is 0.372 e. The summed E-state index contributed by atoms with van der Waals surface area (Å²) in [6, 6.07) is 0.497. The summed E-state index contributed by atoms with van der Waals surface area (Å²) in [5.41, 5.74) is 0.101. The number of nitrogens with one attached hydrogen (secondary N) is 1. The van der Waals surface area contributed by atoms with E-state index in [1.54, 1.807) is 0 Å². The summed E-state index contributed by atoms with van der Waals surface area (Å²) in [6.45, 7) is 8.24. The molecule has 1 saturated heterocycles. The van der Waals surface area contributed by atoms with Crippen LogP contribution in [0.25, 0.3) is 0 Å². The minimum atomic E-state index is -4.22. The molecule has 1 aliphatic rings. The molecule has 0 aromatic rings. The number of alkyl halides is 3. The first kappa shape index (κ1) is 17.7. The predicted molar refractivity (Wildman–Crippen MR) is 73.8 cm³/mol. The third-order valence-corrected chi connectivity index (χ3v) is 3.37. The second-order valence-electron chi connectivity index (χ2n) is 6.48. The van der Waals surface area contributed by atoms with Crippen molar-refractivity contribution in [3.05, 3.63) is 0 Å². The standard InChI is InChI=1S/C14H27F3N2O/c1-13(2,3)18-10-12-6-4-7-19(12)8-5-9-20-11-14(15,16)17/h12,18H,4-11H2,1-3H3. The van der Waals surface area contributed by atoms with Crippen LogP contribution in [0.4, 0.5) is 13.2 Å². The van der Waals surface area contributed by atoms with Crippen molar-refractivity contribution in [3.63, 3.8) is 0 Å². The Morgan fingerprint density at radius 2 is 1.95 bits per heavy atom. The molecular weight excluding hydrogens is 269 g/mol. The highest BCUT2D eigenvalue weighted by Crippen LogP contribution is 2.18. The molecule has 1 aliphatic heterocycles. The Morgan fingerprint density at radius 3 is 2.55 bits per heavy atom. The van der Waals surface area contributed by atoms with Gasteiger partial charge in [0, 0.05) is 31.3 Å². The molecule has 0 saturated carbocycles. The van der Waals surface area contributed by atoms with E-state index in [0.717, 1.165) is 26.1 Å². The summed E-state index contributed by atoms with van der Waals surface area (Å²) in [4.78, 5) is 2.36. The predicted octanol–water partition coefficient (Wildman–Crippen LogP) is 2.81. The molecule has 0 aliphatic carbocycles. The Labute approximate surface area is 119 Å². The minimum Gasteiger partial charge on any atom is -0.372 e. The van der Waals surface area contributed by atoms with Gasteiger partial charge in [-0.3, -0.25) is 4.90 Å². The normalized spacial score (nSPS) is 21.6. The van der Waals surface area contributed by atoms with Crippen LogP contribution >= 0.6 is 0 Å². The van der Waals surface area contributed by atoms with E-state index in [9.17, 15) is 13.2 Å². The maximum Gasteiger partial charge on any atom is 0.411 e. The summed E-state index contributed by atoms with van der Waals surface area (Å²) < 4.78 is 40.4. The van der Waals surface area contributed by atoms with Gasteiger partial charge < -0.3 is 10.1 Å². The third kappa shape index (κ3) is 8.07. The average Bonchev–Trinajstić information content (AvgIpc) is 2.71. The molecule has 1 unspecified atom stereocenters. The van der Waals surface area contributed by atoms with Gasteiger partial charge >= 0.3 is 6.18 Å². The molecule has 1 N–H and O–H groups in total. The molecule has 0 aromatic heterocycles. The molecule has 0 radical (unpaired) electrons. The van der Waals surface area contributed by atoms with Gasteiger partial charge in [0.1, 0.15) is 6.61 Å².